The number of aliphatic carboxylic acids is 2. The summed E-state index contributed by atoms with van der Waals surface area (Å²) in [4.78, 5) is 70.5. The van der Waals surface area contributed by atoms with Crippen molar-refractivity contribution in [3.63, 3.8) is 0 Å². The number of nitrogens with one attached hydrogen (secondary N) is 1. The summed E-state index contributed by atoms with van der Waals surface area (Å²) in [6.07, 6.45) is 0.298. The number of hydrogen-bond donors (Lipinski definition) is 4. The van der Waals surface area contributed by atoms with E-state index in [1.807, 2.05) is 0 Å². The summed E-state index contributed by atoms with van der Waals surface area (Å²) in [6.45, 7) is 2.50. The van der Waals surface area contributed by atoms with Crippen LogP contribution in [0.25, 0.3) is 0 Å². The van der Waals surface area contributed by atoms with Crippen molar-refractivity contribution in [2.45, 2.75) is 38.0 Å². The number of amides is 4. The first-order valence-electron chi connectivity index (χ1n) is 9.29. The van der Waals surface area contributed by atoms with Gasteiger partial charge in [-0.25, -0.2) is 19.4 Å². The lowest BCUT2D eigenvalue weighted by Gasteiger charge is -2.45. The number of urea groups is 1. The molecule has 0 aliphatic carbocycles. The second-order valence-corrected chi connectivity index (χ2v) is 8.40. The second kappa shape index (κ2) is 8.41. The van der Waals surface area contributed by atoms with Crippen LogP contribution in [0.15, 0.2) is 10.5 Å². The van der Waals surface area contributed by atoms with Crippen LogP contribution in [0, 0.1) is 0 Å². The third-order valence-corrected chi connectivity index (χ3v) is 5.55. The molecule has 2 aliphatic heterocycles. The van der Waals surface area contributed by atoms with E-state index in [2.05, 4.69) is 15.5 Å². The number of carbonyl (C=O) groups excluding carboxylic acids is 3. The molecule has 3 heterocycles. The fourth-order valence-corrected chi connectivity index (χ4v) is 3.31. The summed E-state index contributed by atoms with van der Waals surface area (Å²) >= 11 is 1.01. The molecule has 2 saturated heterocycles. The van der Waals surface area contributed by atoms with Crippen molar-refractivity contribution in [1.29, 1.82) is 0 Å². The van der Waals surface area contributed by atoms with Crippen LogP contribution in [0.3, 0.4) is 0 Å². The SMILES string of the molecule is CC(C)(ON=C(C(=O)N[C@H]1CN(C(=O)N2CC[C@H]2C(=O)O)C1=O)c1csc(N)n1)C(=O)O. The van der Waals surface area contributed by atoms with Gasteiger partial charge in [0.15, 0.2) is 10.8 Å². The van der Waals surface area contributed by atoms with E-state index in [1.165, 1.54) is 19.2 Å². The van der Waals surface area contributed by atoms with Gasteiger partial charge in [-0.3, -0.25) is 14.5 Å². The molecule has 0 unspecified atom stereocenters. The molecule has 2 fully saturated rings. The Morgan fingerprint density at radius 2 is 2.03 bits per heavy atom. The maximum atomic E-state index is 12.7. The number of nitrogens with two attached hydrogens (primary N) is 1. The molecule has 0 bridgehead atoms. The number of oxime groups is 1. The van der Waals surface area contributed by atoms with Crippen LogP contribution in [-0.2, 0) is 24.0 Å². The third kappa shape index (κ3) is 4.32. The maximum absolute atomic E-state index is 12.7. The maximum Gasteiger partial charge on any atom is 0.350 e. The van der Waals surface area contributed by atoms with Gasteiger partial charge in [-0.1, -0.05) is 5.16 Å². The lowest BCUT2D eigenvalue weighted by molar-refractivity contribution is -0.161. The van der Waals surface area contributed by atoms with E-state index in [9.17, 15) is 24.0 Å². The van der Waals surface area contributed by atoms with E-state index in [-0.39, 0.29) is 23.9 Å². The van der Waals surface area contributed by atoms with Gasteiger partial charge in [0, 0.05) is 11.9 Å². The van der Waals surface area contributed by atoms with E-state index in [0.717, 1.165) is 21.1 Å². The highest BCUT2D eigenvalue weighted by atomic mass is 32.1. The van der Waals surface area contributed by atoms with Gasteiger partial charge in [-0.15, -0.1) is 11.3 Å². The molecular formula is C17H20N6O8S. The minimum atomic E-state index is -1.75. The molecule has 0 spiro atoms. The molecule has 1 aromatic heterocycles. The number of likely N-dealkylation sites (tertiary alicyclic amines) is 2. The van der Waals surface area contributed by atoms with Crippen molar-refractivity contribution >= 4 is 52.0 Å². The van der Waals surface area contributed by atoms with Gasteiger partial charge < -0.3 is 31.0 Å². The Bertz CT molecular complexity index is 1020. The van der Waals surface area contributed by atoms with Crippen molar-refractivity contribution in [3.8, 4) is 0 Å². The molecule has 5 N–H and O–H groups in total. The van der Waals surface area contributed by atoms with E-state index in [0.29, 0.717) is 6.42 Å². The van der Waals surface area contributed by atoms with Crippen molar-refractivity contribution < 1.29 is 39.0 Å². The number of imide groups is 1. The number of thiazole rings is 1. The Kier molecular flexibility index (Phi) is 6.03. The van der Waals surface area contributed by atoms with Crippen molar-refractivity contribution in [3.05, 3.63) is 11.1 Å². The highest BCUT2D eigenvalue weighted by Crippen LogP contribution is 2.23. The van der Waals surface area contributed by atoms with Crippen LogP contribution in [0.2, 0.25) is 0 Å². The summed E-state index contributed by atoms with van der Waals surface area (Å²) in [6, 6.07) is -2.79. The molecule has 2 aliphatic rings. The molecule has 15 heteroatoms. The zero-order valence-electron chi connectivity index (χ0n) is 17.0. The first kappa shape index (κ1) is 22.9. The van der Waals surface area contributed by atoms with Gasteiger partial charge in [0.1, 0.15) is 17.8 Å². The lowest BCUT2D eigenvalue weighted by atomic mass is 10.0. The molecule has 2 atom stereocenters. The molecule has 32 heavy (non-hydrogen) atoms. The Balaban J connectivity index is 1.68. The summed E-state index contributed by atoms with van der Waals surface area (Å²) in [5.74, 6) is -4.10. The van der Waals surface area contributed by atoms with E-state index >= 15 is 0 Å². The van der Waals surface area contributed by atoms with Crippen LogP contribution in [0.4, 0.5) is 9.93 Å². The molecule has 3 rings (SSSR count). The smallest absolute Gasteiger partial charge is 0.350 e. The Morgan fingerprint density at radius 1 is 1.34 bits per heavy atom. The van der Waals surface area contributed by atoms with E-state index in [1.54, 1.807) is 0 Å². The number of carbonyl (C=O) groups is 5. The van der Waals surface area contributed by atoms with Gasteiger partial charge in [0.05, 0.1) is 6.54 Å². The number of rotatable bonds is 7. The largest absolute Gasteiger partial charge is 0.480 e. The van der Waals surface area contributed by atoms with Crippen LogP contribution in [-0.4, -0.2) is 91.3 Å². The average Bonchev–Trinajstić information content (AvgIpc) is 3.08. The number of nitrogen functional groups attached to an aromatic ring is 1. The first-order valence-corrected chi connectivity index (χ1v) is 10.2. The number of anilines is 1. The summed E-state index contributed by atoms with van der Waals surface area (Å²) in [5, 5.41) is 25.7. The molecule has 1 aromatic rings. The van der Waals surface area contributed by atoms with Crippen LogP contribution in [0.1, 0.15) is 26.0 Å². The fraction of sp³-hybridized carbons (Fsp3) is 0.471. The van der Waals surface area contributed by atoms with Crippen molar-refractivity contribution in [2.24, 2.45) is 5.16 Å². The zero-order valence-corrected chi connectivity index (χ0v) is 17.8. The normalized spacial score (nSPS) is 20.8. The van der Waals surface area contributed by atoms with Gasteiger partial charge in [0.25, 0.3) is 11.8 Å². The Hall–Kier alpha value is -3.75. The summed E-state index contributed by atoms with van der Waals surface area (Å²) < 4.78 is 0. The predicted octanol–water partition coefficient (Wildman–Crippen LogP) is -1.08. The minimum absolute atomic E-state index is 0.00997. The standard InChI is InChI=1S/C17H20N6O8S/c1-17(2,14(28)29)31-21-10(8-6-32-15(18)20-8)11(24)19-7-5-23(12(7)25)16(30)22-4-3-9(22)13(26)27/h6-7,9H,3-5H2,1-2H3,(H2,18,20)(H,19,24)(H,26,27)(H,28,29)/t7-,9-/m0/s1. The van der Waals surface area contributed by atoms with Crippen LogP contribution in [0.5, 0.6) is 0 Å². The Morgan fingerprint density at radius 3 is 2.50 bits per heavy atom. The third-order valence-electron chi connectivity index (χ3n) is 4.88. The van der Waals surface area contributed by atoms with Crippen LogP contribution >= 0.6 is 11.3 Å². The van der Waals surface area contributed by atoms with E-state index in [4.69, 9.17) is 20.8 Å². The number of carboxylic acids is 2. The number of β-lactam (4-membered cyclic amide) rings is 1. The van der Waals surface area contributed by atoms with Crippen LogP contribution < -0.4 is 11.1 Å². The fourth-order valence-electron chi connectivity index (χ4n) is 2.76. The summed E-state index contributed by atoms with van der Waals surface area (Å²) in [7, 11) is 0. The first-order chi connectivity index (χ1) is 14.9. The number of aromatic nitrogens is 1. The quantitative estimate of drug-likeness (QED) is 0.216. The molecule has 172 valence electrons. The highest BCUT2D eigenvalue weighted by Gasteiger charge is 2.48. The molecule has 0 radical (unpaired) electrons. The van der Waals surface area contributed by atoms with Gasteiger partial charge in [0.2, 0.25) is 5.60 Å². The molecule has 14 nitrogen and oxygen atoms in total. The van der Waals surface area contributed by atoms with Gasteiger partial charge in [-0.05, 0) is 20.3 Å². The number of nitrogens with zero attached hydrogens (tertiary/aromatic N) is 4. The van der Waals surface area contributed by atoms with Crippen molar-refractivity contribution in [2.75, 3.05) is 18.8 Å². The predicted molar refractivity (Wildman–Crippen MR) is 108 cm³/mol. The molecular weight excluding hydrogens is 448 g/mol. The monoisotopic (exact) mass is 468 g/mol. The molecule has 4 amide bonds. The van der Waals surface area contributed by atoms with Gasteiger partial charge >= 0.3 is 18.0 Å². The summed E-state index contributed by atoms with van der Waals surface area (Å²) in [5.41, 5.74) is 3.44. The highest BCUT2D eigenvalue weighted by molar-refractivity contribution is 7.13. The number of carboxylic acid groups (broad SMARTS) is 2. The molecule has 0 saturated carbocycles. The topological polar surface area (TPSA) is 205 Å². The van der Waals surface area contributed by atoms with E-state index < -0.39 is 53.2 Å². The molecule has 0 aromatic carbocycles. The minimum Gasteiger partial charge on any atom is -0.480 e. The zero-order chi connectivity index (χ0) is 23.8. The Labute approximate surface area is 184 Å². The average molecular weight is 468 g/mol. The van der Waals surface area contributed by atoms with Gasteiger partial charge in [-0.2, -0.15) is 0 Å². The van der Waals surface area contributed by atoms with Crippen molar-refractivity contribution in [1.82, 2.24) is 20.1 Å². The second-order valence-electron chi connectivity index (χ2n) is 7.51. The lowest BCUT2D eigenvalue weighted by Crippen LogP contribution is -2.70. The number of hydrogen-bond acceptors (Lipinski definition) is 10.